The molecule has 0 spiro atoms. The van der Waals surface area contributed by atoms with Gasteiger partial charge >= 0.3 is 0 Å². The first-order valence-corrected chi connectivity index (χ1v) is 21.7. The van der Waals surface area contributed by atoms with E-state index in [2.05, 4.69) is 20.8 Å². The SMILES string of the molecule is CCCCOC1[C@@H](OCCCC)[C@H](OCCCC)C(COCc2ccc(OC)cc2)(COCc2ccc(OC)cc2)OC1(O)c1ccc(Cl)c(Cc2ccc(OC)cc2)c1. The van der Waals surface area contributed by atoms with Crippen molar-refractivity contribution in [3.63, 3.8) is 0 Å². The van der Waals surface area contributed by atoms with Crippen LogP contribution in [0.2, 0.25) is 5.02 Å². The summed E-state index contributed by atoms with van der Waals surface area (Å²) in [7, 11) is 4.93. The van der Waals surface area contributed by atoms with Crippen molar-refractivity contribution in [2.75, 3.05) is 54.4 Å². The molecule has 0 bridgehead atoms. The molecule has 10 nitrogen and oxygen atoms in total. The average molecular weight is 850 g/mol. The summed E-state index contributed by atoms with van der Waals surface area (Å²) in [6.07, 6.45) is 3.12. The van der Waals surface area contributed by atoms with Crippen LogP contribution in [-0.4, -0.2) is 83.4 Å². The third-order valence-corrected chi connectivity index (χ3v) is 11.2. The minimum atomic E-state index is -2.05. The molecule has 1 aliphatic heterocycles. The Kier molecular flexibility index (Phi) is 19.0. The van der Waals surface area contributed by atoms with Gasteiger partial charge in [-0.1, -0.05) is 94.1 Å². The molecule has 2 unspecified atom stereocenters. The van der Waals surface area contributed by atoms with E-state index in [1.165, 1.54) is 0 Å². The lowest BCUT2D eigenvalue weighted by Crippen LogP contribution is -2.73. The van der Waals surface area contributed by atoms with Gasteiger partial charge in [-0.3, -0.25) is 0 Å². The second kappa shape index (κ2) is 24.1. The summed E-state index contributed by atoms with van der Waals surface area (Å²) in [6, 6.07) is 28.8. The van der Waals surface area contributed by atoms with Crippen LogP contribution >= 0.6 is 11.6 Å². The Morgan fingerprint density at radius 2 is 1.03 bits per heavy atom. The molecule has 0 radical (unpaired) electrons. The van der Waals surface area contributed by atoms with Crippen molar-refractivity contribution < 1.29 is 47.7 Å². The number of hydrogen-bond donors (Lipinski definition) is 1. The summed E-state index contributed by atoms with van der Waals surface area (Å²) in [5.41, 5.74) is 2.81. The van der Waals surface area contributed by atoms with E-state index in [9.17, 15) is 5.11 Å². The Bertz CT molecular complexity index is 1770. The van der Waals surface area contributed by atoms with E-state index in [1.807, 2.05) is 78.9 Å². The van der Waals surface area contributed by atoms with E-state index in [0.717, 1.165) is 78.0 Å². The van der Waals surface area contributed by atoms with Crippen molar-refractivity contribution in [3.8, 4) is 17.2 Å². The van der Waals surface area contributed by atoms with E-state index in [1.54, 1.807) is 33.5 Å². The summed E-state index contributed by atoms with van der Waals surface area (Å²) in [5, 5.41) is 14.0. The fraction of sp³-hybridized carbons (Fsp3) is 0.510. The second-order valence-corrected chi connectivity index (χ2v) is 15.8. The Labute approximate surface area is 362 Å². The highest BCUT2D eigenvalue weighted by Crippen LogP contribution is 2.47. The molecule has 0 saturated carbocycles. The van der Waals surface area contributed by atoms with E-state index in [0.29, 0.717) is 36.8 Å². The van der Waals surface area contributed by atoms with Gasteiger partial charge in [-0.2, -0.15) is 0 Å². The van der Waals surface area contributed by atoms with Crippen LogP contribution in [0.15, 0.2) is 91.0 Å². The van der Waals surface area contributed by atoms with Gasteiger partial charge in [0.15, 0.2) is 0 Å². The number of unbranched alkanes of at least 4 members (excludes halogenated alkanes) is 3. The average Bonchev–Trinajstić information content (AvgIpc) is 3.27. The molecular formula is C49H65ClO10. The highest BCUT2D eigenvalue weighted by molar-refractivity contribution is 6.31. The summed E-state index contributed by atoms with van der Waals surface area (Å²) in [6.45, 7) is 8.12. The number of halogens is 1. The van der Waals surface area contributed by atoms with Gasteiger partial charge < -0.3 is 47.7 Å². The van der Waals surface area contributed by atoms with Gasteiger partial charge in [0.25, 0.3) is 0 Å². The first-order chi connectivity index (χ1) is 29.2. The topological polar surface area (TPSA) is 103 Å². The van der Waals surface area contributed by atoms with E-state index >= 15 is 0 Å². The van der Waals surface area contributed by atoms with Crippen molar-refractivity contribution in [1.29, 1.82) is 0 Å². The Hall–Kier alpha value is -3.71. The van der Waals surface area contributed by atoms with Gasteiger partial charge in [0.1, 0.15) is 41.2 Å². The Balaban J connectivity index is 1.62. The predicted molar refractivity (Wildman–Crippen MR) is 234 cm³/mol. The first kappa shape index (κ1) is 47.3. The Morgan fingerprint density at radius 1 is 0.583 bits per heavy atom. The van der Waals surface area contributed by atoms with E-state index in [4.69, 9.17) is 54.2 Å². The van der Waals surface area contributed by atoms with Gasteiger partial charge in [0, 0.05) is 30.4 Å². The van der Waals surface area contributed by atoms with Crippen LogP contribution in [0.3, 0.4) is 0 Å². The third kappa shape index (κ3) is 12.7. The molecule has 1 N–H and O–H groups in total. The molecule has 4 aromatic carbocycles. The minimum absolute atomic E-state index is 0.00234. The molecule has 0 aliphatic carbocycles. The van der Waals surface area contributed by atoms with Crippen molar-refractivity contribution in [2.45, 2.75) is 109 Å². The van der Waals surface area contributed by atoms with Crippen LogP contribution in [0.4, 0.5) is 0 Å². The molecule has 1 saturated heterocycles. The minimum Gasteiger partial charge on any atom is -0.497 e. The van der Waals surface area contributed by atoms with E-state index < -0.39 is 29.7 Å². The number of methoxy groups -OCH3 is 3. The molecule has 0 amide bonds. The molecule has 328 valence electrons. The second-order valence-electron chi connectivity index (χ2n) is 15.4. The zero-order valence-corrected chi connectivity index (χ0v) is 37.0. The lowest BCUT2D eigenvalue weighted by molar-refractivity contribution is -0.411. The molecule has 1 heterocycles. The van der Waals surface area contributed by atoms with Crippen LogP contribution in [0.25, 0.3) is 0 Å². The van der Waals surface area contributed by atoms with Crippen LogP contribution in [0.1, 0.15) is 87.1 Å². The first-order valence-electron chi connectivity index (χ1n) is 21.3. The molecule has 1 fully saturated rings. The molecule has 11 heteroatoms. The lowest BCUT2D eigenvalue weighted by Gasteiger charge is -2.56. The number of hydrogen-bond acceptors (Lipinski definition) is 10. The number of aliphatic hydroxyl groups is 1. The predicted octanol–water partition coefficient (Wildman–Crippen LogP) is 9.86. The van der Waals surface area contributed by atoms with Crippen LogP contribution < -0.4 is 14.2 Å². The van der Waals surface area contributed by atoms with Gasteiger partial charge in [0.05, 0.1) is 47.8 Å². The molecule has 1 aliphatic rings. The number of rotatable bonds is 26. The zero-order chi connectivity index (χ0) is 42.8. The van der Waals surface area contributed by atoms with Crippen molar-refractivity contribution in [1.82, 2.24) is 0 Å². The number of ether oxygens (including phenoxy) is 9. The molecule has 5 rings (SSSR count). The van der Waals surface area contributed by atoms with Gasteiger partial charge in [-0.15, -0.1) is 0 Å². The van der Waals surface area contributed by atoms with Gasteiger partial charge in [-0.05, 0) is 96.5 Å². The van der Waals surface area contributed by atoms with Crippen molar-refractivity contribution in [2.24, 2.45) is 0 Å². The van der Waals surface area contributed by atoms with Gasteiger partial charge in [-0.25, -0.2) is 0 Å². The number of benzene rings is 4. The Morgan fingerprint density at radius 3 is 1.50 bits per heavy atom. The highest BCUT2D eigenvalue weighted by Gasteiger charge is 2.64. The van der Waals surface area contributed by atoms with Crippen molar-refractivity contribution >= 4 is 11.6 Å². The summed E-state index contributed by atoms with van der Waals surface area (Å²) < 4.78 is 57.1. The monoisotopic (exact) mass is 848 g/mol. The fourth-order valence-corrected chi connectivity index (χ4v) is 7.50. The standard InChI is InChI=1S/C49H65ClO10/c1-7-10-27-57-45-46(58-28-11-8-2)48(34-55-32-37-15-22-42(53-5)23-16-37,35-56-33-38-17-24-43(54-6)25-18-38)60-49(51,47(45)59-29-12-9-3)40-19-26-44(50)39(31-40)30-36-13-20-41(52-4)21-14-36/h13-26,31,45-47,51H,7-12,27-30,32-35H2,1-6H3/t45-,46-,47?,49?/m0/s1. The molecule has 60 heavy (non-hydrogen) atoms. The zero-order valence-electron chi connectivity index (χ0n) is 36.3. The summed E-state index contributed by atoms with van der Waals surface area (Å²) in [5.74, 6) is 0.215. The van der Waals surface area contributed by atoms with Crippen LogP contribution in [-0.2, 0) is 53.8 Å². The quantitative estimate of drug-likeness (QED) is 0.0615. The molecule has 4 aromatic rings. The molecule has 0 aromatic heterocycles. The largest absolute Gasteiger partial charge is 0.497 e. The van der Waals surface area contributed by atoms with E-state index in [-0.39, 0.29) is 26.4 Å². The summed E-state index contributed by atoms with van der Waals surface area (Å²) >= 11 is 6.90. The third-order valence-electron chi connectivity index (χ3n) is 10.8. The molecule has 4 atom stereocenters. The maximum Gasteiger partial charge on any atom is 0.223 e. The van der Waals surface area contributed by atoms with Crippen molar-refractivity contribution in [3.05, 3.63) is 124 Å². The maximum atomic E-state index is 13.5. The smallest absolute Gasteiger partial charge is 0.223 e. The highest BCUT2D eigenvalue weighted by atomic mass is 35.5. The fourth-order valence-electron chi connectivity index (χ4n) is 7.32. The maximum absolute atomic E-state index is 13.5. The van der Waals surface area contributed by atoms with Crippen LogP contribution in [0, 0.1) is 0 Å². The molecular weight excluding hydrogens is 784 g/mol. The van der Waals surface area contributed by atoms with Crippen LogP contribution in [0.5, 0.6) is 17.2 Å². The summed E-state index contributed by atoms with van der Waals surface area (Å²) in [4.78, 5) is 0. The lowest BCUT2D eigenvalue weighted by atomic mass is 9.80. The normalized spacial score (nSPS) is 19.9. The van der Waals surface area contributed by atoms with Gasteiger partial charge in [0.2, 0.25) is 5.79 Å².